The summed E-state index contributed by atoms with van der Waals surface area (Å²) in [7, 11) is 3.48. The molecule has 0 unspecified atom stereocenters. The van der Waals surface area contributed by atoms with Crippen LogP contribution in [0.3, 0.4) is 0 Å². The summed E-state index contributed by atoms with van der Waals surface area (Å²) in [6, 6.07) is -0.181. The molecule has 1 fully saturated rings. The van der Waals surface area contributed by atoms with Crippen LogP contribution in [0, 0.1) is 0 Å². The fraction of sp³-hybridized carbons (Fsp3) is 1.00. The molecule has 0 radical (unpaired) electrons. The smallest absolute Gasteiger partial charge is 0.117 e. The topological polar surface area (TPSA) is 32.7 Å². The van der Waals surface area contributed by atoms with E-state index in [0.29, 0.717) is 0 Å². The molecular weight excluding hydrogens is 197 g/mol. The average Bonchev–Trinajstić information content (AvgIpc) is 2.59. The minimum atomic E-state index is -0.914. The van der Waals surface area contributed by atoms with Crippen molar-refractivity contribution in [2.24, 2.45) is 0 Å². The Kier molecular flexibility index (Phi) is 7.92. The molecule has 1 aliphatic heterocycles. The van der Waals surface area contributed by atoms with Gasteiger partial charge in [0.25, 0.3) is 0 Å². The Balaban J connectivity index is 0.000000583. The summed E-state index contributed by atoms with van der Waals surface area (Å²) >= 11 is 0. The van der Waals surface area contributed by atoms with Crippen molar-refractivity contribution in [1.29, 1.82) is 0 Å². The zero-order valence-corrected chi connectivity index (χ0v) is 10.2. The Morgan fingerprint density at radius 1 is 1.53 bits per heavy atom. The highest BCUT2D eigenvalue weighted by Gasteiger charge is 2.36. The lowest BCUT2D eigenvalue weighted by Gasteiger charge is -2.27. The zero-order valence-electron chi connectivity index (χ0n) is 10.2. The Hall–Kier alpha value is -0.190. The summed E-state index contributed by atoms with van der Waals surface area (Å²) in [5.41, 5.74) is 0. The third-order valence-electron chi connectivity index (χ3n) is 2.51. The Bertz CT molecular complexity index is 158. The summed E-state index contributed by atoms with van der Waals surface area (Å²) in [6.07, 6.45) is 1.18. The third-order valence-corrected chi connectivity index (χ3v) is 2.51. The van der Waals surface area contributed by atoms with Crippen molar-refractivity contribution in [1.82, 2.24) is 4.90 Å². The van der Waals surface area contributed by atoms with Gasteiger partial charge in [0.15, 0.2) is 0 Å². The van der Waals surface area contributed by atoms with Crippen LogP contribution < -0.4 is 0 Å². The number of ether oxygens (including phenoxy) is 1. The number of likely N-dealkylation sites (N-methyl/N-ethyl adjacent to an activating group) is 1. The van der Waals surface area contributed by atoms with Gasteiger partial charge in [-0.15, -0.1) is 0 Å². The lowest BCUT2D eigenvalue weighted by Crippen LogP contribution is -2.44. The predicted molar refractivity (Wildman–Crippen MR) is 59.8 cm³/mol. The molecule has 15 heavy (non-hydrogen) atoms. The molecule has 0 bridgehead atoms. The van der Waals surface area contributed by atoms with Crippen LogP contribution in [-0.2, 0) is 4.74 Å². The van der Waals surface area contributed by atoms with Crippen molar-refractivity contribution in [2.75, 3.05) is 27.4 Å². The number of aliphatic hydroxyl groups is 1. The molecule has 1 aliphatic rings. The van der Waals surface area contributed by atoms with Gasteiger partial charge in [-0.25, -0.2) is 4.39 Å². The highest BCUT2D eigenvalue weighted by molar-refractivity contribution is 4.90. The SMILES string of the molecule is CCC.CO[C@H]1CCN(C)[C@@H]1[C@H](O)CF. The Labute approximate surface area is 92.2 Å². The van der Waals surface area contributed by atoms with Crippen LogP contribution in [0.15, 0.2) is 0 Å². The molecule has 3 atom stereocenters. The minimum absolute atomic E-state index is 0.0271. The van der Waals surface area contributed by atoms with Gasteiger partial charge in [-0.3, -0.25) is 4.90 Å². The first-order valence-electron chi connectivity index (χ1n) is 5.59. The summed E-state index contributed by atoms with van der Waals surface area (Å²) in [5, 5.41) is 9.33. The van der Waals surface area contributed by atoms with Crippen molar-refractivity contribution in [3.05, 3.63) is 0 Å². The van der Waals surface area contributed by atoms with Gasteiger partial charge < -0.3 is 9.84 Å². The maximum Gasteiger partial charge on any atom is 0.117 e. The predicted octanol–water partition coefficient (Wildman–Crippen LogP) is 1.45. The number of rotatable bonds is 3. The van der Waals surface area contributed by atoms with Crippen LogP contribution in [-0.4, -0.2) is 55.6 Å². The molecule has 92 valence electrons. The maximum absolute atomic E-state index is 12.2. The molecule has 0 spiro atoms. The Morgan fingerprint density at radius 3 is 2.47 bits per heavy atom. The normalized spacial score (nSPS) is 28.4. The molecule has 0 aromatic rings. The molecule has 0 aliphatic carbocycles. The quantitative estimate of drug-likeness (QED) is 0.783. The highest BCUT2D eigenvalue weighted by atomic mass is 19.1. The molecule has 0 saturated carbocycles. The first-order chi connectivity index (χ1) is 7.12. The first-order valence-corrected chi connectivity index (χ1v) is 5.59. The molecule has 1 N–H and O–H groups in total. The monoisotopic (exact) mass is 221 g/mol. The van der Waals surface area contributed by atoms with Crippen molar-refractivity contribution < 1.29 is 14.2 Å². The van der Waals surface area contributed by atoms with Crippen molar-refractivity contribution in [3.8, 4) is 0 Å². The molecule has 1 saturated heterocycles. The van der Waals surface area contributed by atoms with Gasteiger partial charge in [0.1, 0.15) is 12.8 Å². The van der Waals surface area contributed by atoms with Crippen LogP contribution in [0.5, 0.6) is 0 Å². The van der Waals surface area contributed by atoms with Gasteiger partial charge in [-0.05, 0) is 13.5 Å². The summed E-state index contributed by atoms with van der Waals surface area (Å²) in [5.74, 6) is 0. The van der Waals surface area contributed by atoms with E-state index in [1.165, 1.54) is 6.42 Å². The maximum atomic E-state index is 12.2. The number of aliphatic hydroxyl groups excluding tert-OH is 1. The zero-order chi connectivity index (χ0) is 11.8. The number of alkyl halides is 1. The molecule has 0 aromatic heterocycles. The van der Waals surface area contributed by atoms with E-state index >= 15 is 0 Å². The minimum Gasteiger partial charge on any atom is -0.389 e. The second kappa shape index (κ2) is 8.02. The molecule has 3 nitrogen and oxygen atoms in total. The van der Waals surface area contributed by atoms with Gasteiger partial charge in [0.2, 0.25) is 0 Å². The number of hydrogen-bond donors (Lipinski definition) is 1. The summed E-state index contributed by atoms with van der Waals surface area (Å²) in [6.45, 7) is 4.41. The van der Waals surface area contributed by atoms with Crippen LogP contribution >= 0.6 is 0 Å². The Morgan fingerprint density at radius 2 is 2.07 bits per heavy atom. The van der Waals surface area contributed by atoms with Gasteiger partial charge in [-0.2, -0.15) is 0 Å². The molecule has 0 amide bonds. The van der Waals surface area contributed by atoms with Crippen LogP contribution in [0.1, 0.15) is 26.7 Å². The molecule has 1 heterocycles. The lowest BCUT2D eigenvalue weighted by molar-refractivity contribution is -0.00799. The van der Waals surface area contributed by atoms with E-state index < -0.39 is 12.8 Å². The van der Waals surface area contributed by atoms with Crippen molar-refractivity contribution >= 4 is 0 Å². The van der Waals surface area contributed by atoms with E-state index in [-0.39, 0.29) is 12.1 Å². The van der Waals surface area contributed by atoms with E-state index in [9.17, 15) is 9.50 Å². The van der Waals surface area contributed by atoms with Crippen molar-refractivity contribution in [3.63, 3.8) is 0 Å². The first kappa shape index (κ1) is 14.8. The number of nitrogens with zero attached hydrogens (tertiary/aromatic N) is 1. The van der Waals surface area contributed by atoms with E-state index in [1.54, 1.807) is 7.11 Å². The second-order valence-electron chi connectivity index (χ2n) is 3.96. The van der Waals surface area contributed by atoms with E-state index in [0.717, 1.165) is 13.0 Å². The largest absolute Gasteiger partial charge is 0.389 e. The molecule has 0 aromatic carbocycles. The fourth-order valence-electron chi connectivity index (χ4n) is 1.82. The number of halogens is 1. The van der Waals surface area contributed by atoms with E-state index in [2.05, 4.69) is 13.8 Å². The summed E-state index contributed by atoms with van der Waals surface area (Å²) in [4.78, 5) is 1.94. The highest BCUT2D eigenvalue weighted by Crippen LogP contribution is 2.21. The standard InChI is InChI=1S/C8H16FNO2.C3H8/c1-10-4-3-7(12-2)8(10)6(11)5-9;1-3-2/h6-8,11H,3-5H2,1-2H3;3H2,1-2H3/t6-,7+,8-;/m1./s1. The van der Waals surface area contributed by atoms with E-state index in [4.69, 9.17) is 4.74 Å². The van der Waals surface area contributed by atoms with Crippen LogP contribution in [0.25, 0.3) is 0 Å². The average molecular weight is 221 g/mol. The van der Waals surface area contributed by atoms with Crippen LogP contribution in [0.4, 0.5) is 4.39 Å². The molecular formula is C11H24FNO2. The number of methoxy groups -OCH3 is 1. The van der Waals surface area contributed by atoms with Gasteiger partial charge in [0, 0.05) is 13.7 Å². The fourth-order valence-corrected chi connectivity index (χ4v) is 1.82. The number of likely N-dealkylation sites (tertiary alicyclic amines) is 1. The second-order valence-corrected chi connectivity index (χ2v) is 3.96. The van der Waals surface area contributed by atoms with Gasteiger partial charge in [-0.1, -0.05) is 20.3 Å². The van der Waals surface area contributed by atoms with Gasteiger partial charge >= 0.3 is 0 Å². The van der Waals surface area contributed by atoms with Crippen LogP contribution in [0.2, 0.25) is 0 Å². The molecule has 1 rings (SSSR count). The lowest BCUT2D eigenvalue weighted by atomic mass is 10.1. The van der Waals surface area contributed by atoms with Gasteiger partial charge in [0.05, 0.1) is 12.1 Å². The van der Waals surface area contributed by atoms with Crippen molar-refractivity contribution in [2.45, 2.75) is 44.9 Å². The third kappa shape index (κ3) is 4.45. The van der Waals surface area contributed by atoms with E-state index in [1.807, 2.05) is 11.9 Å². The number of hydrogen-bond acceptors (Lipinski definition) is 3. The summed E-state index contributed by atoms with van der Waals surface area (Å²) < 4.78 is 17.3. The molecule has 4 heteroatoms.